The van der Waals surface area contributed by atoms with Gasteiger partial charge in [-0.3, -0.25) is 4.79 Å². The number of hydrogen-bond acceptors (Lipinski definition) is 1. The van der Waals surface area contributed by atoms with Crippen LogP contribution in [-0.2, 0) is 0 Å². The third kappa shape index (κ3) is 2.96. The number of rotatable bonds is 2. The van der Waals surface area contributed by atoms with E-state index in [9.17, 15) is 18.0 Å². The highest BCUT2D eigenvalue weighted by Crippen LogP contribution is 2.21. The maximum Gasteiger partial charge on any atom is 0.256 e. The van der Waals surface area contributed by atoms with Gasteiger partial charge in [-0.25, -0.2) is 13.2 Å². The molecule has 0 spiro atoms. The summed E-state index contributed by atoms with van der Waals surface area (Å²) >= 11 is 3.17. The van der Waals surface area contributed by atoms with Crippen molar-refractivity contribution >= 4 is 27.5 Å². The zero-order valence-corrected chi connectivity index (χ0v) is 11.0. The molecule has 98 valence electrons. The predicted molar refractivity (Wildman–Crippen MR) is 68.4 cm³/mol. The van der Waals surface area contributed by atoms with Gasteiger partial charge in [0.15, 0.2) is 11.6 Å². The Morgan fingerprint density at radius 1 is 1.00 bits per heavy atom. The van der Waals surface area contributed by atoms with Gasteiger partial charge in [0.1, 0.15) is 5.82 Å². The van der Waals surface area contributed by atoms with Crippen molar-refractivity contribution in [2.24, 2.45) is 0 Å². The molecule has 2 aromatic carbocycles. The fourth-order valence-electron chi connectivity index (χ4n) is 1.45. The molecular formula is C13H7BrF3NO. The number of halogens is 4. The van der Waals surface area contributed by atoms with Crippen LogP contribution in [0, 0.1) is 17.5 Å². The second-order valence-electron chi connectivity index (χ2n) is 3.68. The van der Waals surface area contributed by atoms with Gasteiger partial charge >= 0.3 is 0 Å². The van der Waals surface area contributed by atoms with E-state index < -0.39 is 29.0 Å². The summed E-state index contributed by atoms with van der Waals surface area (Å²) in [7, 11) is 0. The van der Waals surface area contributed by atoms with E-state index in [-0.39, 0.29) is 5.56 Å². The highest BCUT2D eigenvalue weighted by molar-refractivity contribution is 9.10. The van der Waals surface area contributed by atoms with Gasteiger partial charge in [0.05, 0.1) is 11.3 Å². The number of benzene rings is 2. The van der Waals surface area contributed by atoms with E-state index in [0.717, 1.165) is 0 Å². The van der Waals surface area contributed by atoms with Gasteiger partial charge in [-0.05, 0) is 28.1 Å². The van der Waals surface area contributed by atoms with Gasteiger partial charge in [0, 0.05) is 16.6 Å². The first-order valence-corrected chi connectivity index (χ1v) is 5.99. The van der Waals surface area contributed by atoms with Crippen LogP contribution in [0.5, 0.6) is 0 Å². The Labute approximate surface area is 115 Å². The van der Waals surface area contributed by atoms with Crippen molar-refractivity contribution in [1.82, 2.24) is 0 Å². The Balaban J connectivity index is 2.30. The highest BCUT2D eigenvalue weighted by atomic mass is 79.9. The average molecular weight is 330 g/mol. The molecule has 2 aromatic rings. The van der Waals surface area contributed by atoms with Gasteiger partial charge < -0.3 is 5.32 Å². The smallest absolute Gasteiger partial charge is 0.256 e. The Hall–Kier alpha value is -1.82. The van der Waals surface area contributed by atoms with Crippen molar-refractivity contribution in [1.29, 1.82) is 0 Å². The van der Waals surface area contributed by atoms with Crippen molar-refractivity contribution < 1.29 is 18.0 Å². The topological polar surface area (TPSA) is 29.1 Å². The van der Waals surface area contributed by atoms with Crippen LogP contribution in [0.4, 0.5) is 18.9 Å². The van der Waals surface area contributed by atoms with Crippen LogP contribution in [0.1, 0.15) is 10.4 Å². The van der Waals surface area contributed by atoms with E-state index >= 15 is 0 Å². The van der Waals surface area contributed by atoms with Gasteiger partial charge in [-0.15, -0.1) is 0 Å². The summed E-state index contributed by atoms with van der Waals surface area (Å²) in [6.07, 6.45) is 0. The van der Waals surface area contributed by atoms with Crippen LogP contribution in [0.25, 0.3) is 0 Å². The predicted octanol–water partition coefficient (Wildman–Crippen LogP) is 4.12. The van der Waals surface area contributed by atoms with E-state index in [0.29, 0.717) is 16.6 Å². The summed E-state index contributed by atoms with van der Waals surface area (Å²) < 4.78 is 39.6. The Bertz CT molecular complexity index is 646. The number of nitrogens with one attached hydrogen (secondary N) is 1. The van der Waals surface area contributed by atoms with Crippen molar-refractivity contribution in [2.75, 3.05) is 5.32 Å². The third-order valence-corrected chi connectivity index (χ3v) is 3.07. The minimum atomic E-state index is -1.31. The van der Waals surface area contributed by atoms with Crippen molar-refractivity contribution in [3.05, 3.63) is 63.9 Å². The molecule has 0 heterocycles. The number of amides is 1. The molecule has 0 atom stereocenters. The SMILES string of the molecule is O=C(Nc1cc(F)c(F)cc1F)c1ccccc1Br. The Morgan fingerprint density at radius 3 is 2.32 bits per heavy atom. The fourth-order valence-corrected chi connectivity index (χ4v) is 1.92. The molecule has 1 amide bonds. The molecule has 0 saturated carbocycles. The molecule has 6 heteroatoms. The standard InChI is InChI=1S/C13H7BrF3NO/c14-8-4-2-1-3-7(8)13(19)18-12-6-10(16)9(15)5-11(12)17/h1-6H,(H,18,19). The fraction of sp³-hybridized carbons (Fsp3) is 0. The van der Waals surface area contributed by atoms with Gasteiger partial charge in [-0.1, -0.05) is 12.1 Å². The molecule has 0 fully saturated rings. The molecule has 0 unspecified atom stereocenters. The normalized spacial score (nSPS) is 10.3. The molecule has 0 aliphatic carbocycles. The van der Waals surface area contributed by atoms with Crippen LogP contribution < -0.4 is 5.32 Å². The molecule has 0 aromatic heterocycles. The average Bonchev–Trinajstić information content (AvgIpc) is 2.36. The second kappa shape index (κ2) is 5.44. The van der Waals surface area contributed by atoms with Crippen LogP contribution in [0.15, 0.2) is 40.9 Å². The van der Waals surface area contributed by atoms with E-state index in [4.69, 9.17) is 0 Å². The first-order valence-electron chi connectivity index (χ1n) is 5.19. The Morgan fingerprint density at radius 2 is 1.63 bits per heavy atom. The van der Waals surface area contributed by atoms with E-state index in [1.165, 1.54) is 6.07 Å². The first kappa shape index (κ1) is 13.6. The molecule has 2 nitrogen and oxygen atoms in total. The van der Waals surface area contributed by atoms with Crippen LogP contribution in [0.3, 0.4) is 0 Å². The van der Waals surface area contributed by atoms with Crippen molar-refractivity contribution in [2.45, 2.75) is 0 Å². The van der Waals surface area contributed by atoms with E-state index in [1.807, 2.05) is 0 Å². The zero-order valence-electron chi connectivity index (χ0n) is 9.38. The molecule has 0 radical (unpaired) electrons. The summed E-state index contributed by atoms with van der Waals surface area (Å²) in [5, 5.41) is 2.18. The molecule has 0 bridgehead atoms. The number of anilines is 1. The highest BCUT2D eigenvalue weighted by Gasteiger charge is 2.14. The molecule has 1 N–H and O–H groups in total. The molecule has 2 rings (SSSR count). The third-order valence-electron chi connectivity index (χ3n) is 2.38. The number of hydrogen-bond donors (Lipinski definition) is 1. The lowest BCUT2D eigenvalue weighted by Crippen LogP contribution is -2.14. The maximum absolute atomic E-state index is 13.4. The zero-order chi connectivity index (χ0) is 14.0. The molecule has 19 heavy (non-hydrogen) atoms. The lowest BCUT2D eigenvalue weighted by atomic mass is 10.2. The monoisotopic (exact) mass is 329 g/mol. The van der Waals surface area contributed by atoms with Crippen LogP contribution >= 0.6 is 15.9 Å². The van der Waals surface area contributed by atoms with Crippen molar-refractivity contribution in [3.8, 4) is 0 Å². The largest absolute Gasteiger partial charge is 0.319 e. The molecule has 0 aliphatic heterocycles. The summed E-state index contributed by atoms with van der Waals surface area (Å²) in [4.78, 5) is 11.9. The van der Waals surface area contributed by atoms with Gasteiger partial charge in [0.25, 0.3) is 5.91 Å². The Kier molecular flexibility index (Phi) is 3.90. The summed E-state index contributed by atoms with van der Waals surface area (Å²) in [5.74, 6) is -4.21. The van der Waals surface area contributed by atoms with Crippen molar-refractivity contribution in [3.63, 3.8) is 0 Å². The molecule has 0 aliphatic rings. The van der Waals surface area contributed by atoms with E-state index in [1.54, 1.807) is 18.2 Å². The minimum Gasteiger partial charge on any atom is -0.319 e. The first-order chi connectivity index (χ1) is 8.99. The summed E-state index contributed by atoms with van der Waals surface area (Å²) in [5.41, 5.74) is -0.161. The van der Waals surface area contributed by atoms with Gasteiger partial charge in [-0.2, -0.15) is 0 Å². The molecule has 0 saturated heterocycles. The quantitative estimate of drug-likeness (QED) is 0.825. The second-order valence-corrected chi connectivity index (χ2v) is 4.53. The summed E-state index contributed by atoms with van der Waals surface area (Å²) in [6, 6.07) is 7.46. The molecular weight excluding hydrogens is 323 g/mol. The number of carbonyl (C=O) groups excluding carboxylic acids is 1. The van der Waals surface area contributed by atoms with E-state index in [2.05, 4.69) is 21.2 Å². The van der Waals surface area contributed by atoms with Gasteiger partial charge in [0.2, 0.25) is 0 Å². The summed E-state index contributed by atoms with van der Waals surface area (Å²) in [6.45, 7) is 0. The van der Waals surface area contributed by atoms with Crippen LogP contribution in [0.2, 0.25) is 0 Å². The lowest BCUT2D eigenvalue weighted by Gasteiger charge is -2.08. The lowest BCUT2D eigenvalue weighted by molar-refractivity contribution is 0.102. The minimum absolute atomic E-state index is 0.256. The van der Waals surface area contributed by atoms with Crippen LogP contribution in [-0.4, -0.2) is 5.91 Å². The number of carbonyl (C=O) groups is 1. The maximum atomic E-state index is 13.4.